The topological polar surface area (TPSA) is 100 Å². The fourth-order valence-corrected chi connectivity index (χ4v) is 6.34. The van der Waals surface area contributed by atoms with Crippen LogP contribution in [0.1, 0.15) is 41.6 Å². The molecule has 0 spiro atoms. The van der Waals surface area contributed by atoms with Crippen LogP contribution in [-0.4, -0.2) is 68.5 Å². The van der Waals surface area contributed by atoms with E-state index in [9.17, 15) is 9.90 Å². The number of amides is 1. The molecule has 0 bridgehead atoms. The predicted octanol–water partition coefficient (Wildman–Crippen LogP) is 6.24. The summed E-state index contributed by atoms with van der Waals surface area (Å²) in [6, 6.07) is 25.8. The lowest BCUT2D eigenvalue weighted by Gasteiger charge is -2.44. The molecule has 1 amide bonds. The first-order valence-electron chi connectivity index (χ1n) is 16.0. The lowest BCUT2D eigenvalue weighted by Crippen LogP contribution is -2.51. The Morgan fingerprint density at radius 2 is 1.56 bits per heavy atom. The summed E-state index contributed by atoms with van der Waals surface area (Å²) >= 11 is 17.1. The molecule has 0 radical (unpaired) electrons. The molecule has 3 heterocycles. The number of benzene rings is 3. The third-order valence-corrected chi connectivity index (χ3v) is 9.44. The van der Waals surface area contributed by atoms with Gasteiger partial charge in [0.15, 0.2) is 6.29 Å². The molecule has 0 aliphatic carbocycles. The number of piperazine rings is 1. The third-order valence-electron chi connectivity index (χ3n) is 8.92. The average molecular weight is 711 g/mol. The maximum Gasteiger partial charge on any atom is 0.272 e. The molecule has 0 unspecified atom stereocenters. The minimum atomic E-state index is -2.01. The zero-order chi connectivity index (χ0) is 33.7. The standard InChI is InChI=1S/C36H38Cl3N5O4/c1-24-31(22-43-16-18-44(19-17-43)35-40-14-3-15-41-35)47-33(48-32(24)28-8-6-25(23-45)7-9-28)29-12-10-27(11-13-29)30-5-2-4-26(20-30)21-42-34(46)36(37,38)39/h2-15,20,24,31-33,45H,16-19,21-23H2,1H3,(H,42,46)/t24-,31+,32+,33+/m1/s1. The molecule has 9 nitrogen and oxygen atoms in total. The molecule has 0 saturated carbocycles. The van der Waals surface area contributed by atoms with E-state index in [2.05, 4.69) is 32.0 Å². The van der Waals surface area contributed by atoms with E-state index < -0.39 is 16.0 Å². The van der Waals surface area contributed by atoms with Crippen LogP contribution < -0.4 is 10.2 Å². The Balaban J connectivity index is 1.17. The summed E-state index contributed by atoms with van der Waals surface area (Å²) in [4.78, 5) is 25.5. The summed E-state index contributed by atoms with van der Waals surface area (Å²) in [6.45, 7) is 6.65. The maximum absolute atomic E-state index is 12.0. The number of aliphatic hydroxyl groups excluding tert-OH is 1. The van der Waals surface area contributed by atoms with Crippen molar-refractivity contribution in [1.82, 2.24) is 20.2 Å². The minimum absolute atomic E-state index is 0.00539. The van der Waals surface area contributed by atoms with Crippen LogP contribution >= 0.6 is 34.8 Å². The van der Waals surface area contributed by atoms with Crippen molar-refractivity contribution in [1.29, 1.82) is 0 Å². The molecule has 4 aromatic rings. The number of halogens is 3. The fraction of sp³-hybridized carbons (Fsp3) is 0.361. The summed E-state index contributed by atoms with van der Waals surface area (Å²) in [5.41, 5.74) is 5.71. The van der Waals surface area contributed by atoms with Crippen molar-refractivity contribution in [2.45, 2.75) is 42.4 Å². The van der Waals surface area contributed by atoms with Crippen molar-refractivity contribution in [2.75, 3.05) is 37.6 Å². The van der Waals surface area contributed by atoms with Gasteiger partial charge in [-0.15, -0.1) is 0 Å². The van der Waals surface area contributed by atoms with Gasteiger partial charge in [0.1, 0.15) is 0 Å². The smallest absolute Gasteiger partial charge is 0.272 e. The zero-order valence-electron chi connectivity index (χ0n) is 26.5. The van der Waals surface area contributed by atoms with Crippen LogP contribution in [0, 0.1) is 5.92 Å². The van der Waals surface area contributed by atoms with E-state index in [1.165, 1.54) is 0 Å². The lowest BCUT2D eigenvalue weighted by atomic mass is 9.89. The van der Waals surface area contributed by atoms with Crippen LogP contribution in [0.25, 0.3) is 11.1 Å². The first-order chi connectivity index (χ1) is 23.2. The van der Waals surface area contributed by atoms with Gasteiger partial charge in [-0.1, -0.05) is 108 Å². The maximum atomic E-state index is 12.0. The summed E-state index contributed by atoms with van der Waals surface area (Å²) in [7, 11) is 0. The Kier molecular flexibility index (Phi) is 11.2. The molecule has 12 heteroatoms. The van der Waals surface area contributed by atoms with Gasteiger partial charge >= 0.3 is 0 Å². The number of carbonyl (C=O) groups excluding carboxylic acids is 1. The number of anilines is 1. The molecule has 1 aromatic heterocycles. The second kappa shape index (κ2) is 15.5. The monoisotopic (exact) mass is 709 g/mol. The second-order valence-corrected chi connectivity index (χ2v) is 14.4. The molecular formula is C36H38Cl3N5O4. The van der Waals surface area contributed by atoms with Crippen molar-refractivity contribution in [3.8, 4) is 11.1 Å². The molecule has 2 aliphatic rings. The summed E-state index contributed by atoms with van der Waals surface area (Å²) in [5, 5.41) is 12.2. The normalized spacial score (nSPS) is 22.0. The summed E-state index contributed by atoms with van der Waals surface area (Å²) in [6.07, 6.45) is 2.72. The van der Waals surface area contributed by atoms with Gasteiger partial charge in [-0.2, -0.15) is 0 Å². The quantitative estimate of drug-likeness (QED) is 0.197. The van der Waals surface area contributed by atoms with E-state index in [4.69, 9.17) is 44.3 Å². The van der Waals surface area contributed by atoms with E-state index in [0.29, 0.717) is 0 Å². The molecule has 48 heavy (non-hydrogen) atoms. The molecule has 2 fully saturated rings. The number of nitrogens with one attached hydrogen (secondary N) is 1. The molecule has 4 atom stereocenters. The number of ether oxygens (including phenoxy) is 2. The summed E-state index contributed by atoms with van der Waals surface area (Å²) < 4.78 is 11.4. The van der Waals surface area contributed by atoms with Crippen LogP contribution in [0.2, 0.25) is 0 Å². The van der Waals surface area contributed by atoms with Crippen LogP contribution in [-0.2, 0) is 27.4 Å². The highest BCUT2D eigenvalue weighted by Gasteiger charge is 2.39. The van der Waals surface area contributed by atoms with Crippen LogP contribution in [0.5, 0.6) is 0 Å². The number of hydrogen-bond donors (Lipinski definition) is 2. The Bertz CT molecular complexity index is 1650. The summed E-state index contributed by atoms with van der Waals surface area (Å²) in [5.74, 6) is 0.177. The minimum Gasteiger partial charge on any atom is -0.392 e. The number of hydrogen-bond acceptors (Lipinski definition) is 8. The lowest BCUT2D eigenvalue weighted by molar-refractivity contribution is -0.276. The first-order valence-corrected chi connectivity index (χ1v) is 17.1. The van der Waals surface area contributed by atoms with E-state index in [-0.39, 0.29) is 31.3 Å². The predicted molar refractivity (Wildman–Crippen MR) is 188 cm³/mol. The Labute approximate surface area is 295 Å². The second-order valence-electron chi connectivity index (χ2n) is 12.2. The van der Waals surface area contributed by atoms with Gasteiger partial charge in [-0.25, -0.2) is 9.97 Å². The first kappa shape index (κ1) is 34.6. The van der Waals surface area contributed by atoms with Gasteiger partial charge < -0.3 is 24.8 Å². The molecule has 2 N–H and O–H groups in total. The number of aromatic nitrogens is 2. The van der Waals surface area contributed by atoms with E-state index in [0.717, 1.165) is 72.1 Å². The van der Waals surface area contributed by atoms with Gasteiger partial charge in [0, 0.05) is 63.1 Å². The number of carbonyl (C=O) groups is 1. The van der Waals surface area contributed by atoms with Crippen LogP contribution in [0.15, 0.2) is 91.3 Å². The van der Waals surface area contributed by atoms with Crippen molar-refractivity contribution in [3.05, 3.63) is 114 Å². The highest BCUT2D eigenvalue weighted by atomic mass is 35.6. The number of alkyl halides is 3. The number of rotatable bonds is 9. The Morgan fingerprint density at radius 1 is 0.875 bits per heavy atom. The highest BCUT2D eigenvalue weighted by molar-refractivity contribution is 6.76. The number of aliphatic hydroxyl groups is 1. The van der Waals surface area contributed by atoms with Crippen LogP contribution in [0.4, 0.5) is 5.95 Å². The highest BCUT2D eigenvalue weighted by Crippen LogP contribution is 2.42. The van der Waals surface area contributed by atoms with Gasteiger partial charge in [-0.05, 0) is 39.9 Å². The van der Waals surface area contributed by atoms with Crippen LogP contribution in [0.3, 0.4) is 0 Å². The molecular weight excluding hydrogens is 673 g/mol. The largest absolute Gasteiger partial charge is 0.392 e. The Morgan fingerprint density at radius 3 is 2.23 bits per heavy atom. The van der Waals surface area contributed by atoms with Gasteiger partial charge in [0.05, 0.1) is 18.8 Å². The van der Waals surface area contributed by atoms with E-state index in [1.54, 1.807) is 12.4 Å². The van der Waals surface area contributed by atoms with Crippen molar-refractivity contribution in [3.63, 3.8) is 0 Å². The number of nitrogens with zero attached hydrogens (tertiary/aromatic N) is 4. The van der Waals surface area contributed by atoms with Crippen molar-refractivity contribution >= 4 is 46.7 Å². The molecule has 2 saturated heterocycles. The van der Waals surface area contributed by atoms with Gasteiger partial charge in [-0.3, -0.25) is 9.69 Å². The van der Waals surface area contributed by atoms with Gasteiger partial charge in [0.2, 0.25) is 5.95 Å². The zero-order valence-corrected chi connectivity index (χ0v) is 28.8. The SMILES string of the molecule is C[C@@H]1[C@H](CN2CCN(c3ncccn3)CC2)O[C@H](c2ccc(-c3cccc(CNC(=O)C(Cl)(Cl)Cl)c3)cc2)O[C@@H]1c1ccc(CO)cc1. The van der Waals surface area contributed by atoms with Gasteiger partial charge in [0.25, 0.3) is 9.70 Å². The molecule has 6 rings (SSSR count). The average Bonchev–Trinajstić information content (AvgIpc) is 3.12. The van der Waals surface area contributed by atoms with Crippen molar-refractivity contribution in [2.24, 2.45) is 5.92 Å². The molecule has 3 aromatic carbocycles. The van der Waals surface area contributed by atoms with E-state index in [1.807, 2.05) is 78.9 Å². The molecule has 252 valence electrons. The Hall–Kier alpha value is -3.28. The van der Waals surface area contributed by atoms with E-state index >= 15 is 0 Å². The third kappa shape index (κ3) is 8.47. The fourth-order valence-electron chi connectivity index (χ4n) is 6.14. The van der Waals surface area contributed by atoms with Crippen molar-refractivity contribution < 1.29 is 19.4 Å². The molecule has 2 aliphatic heterocycles.